The van der Waals surface area contributed by atoms with Crippen LogP contribution >= 0.6 is 11.3 Å². The summed E-state index contributed by atoms with van der Waals surface area (Å²) in [6.07, 6.45) is 2.64. The summed E-state index contributed by atoms with van der Waals surface area (Å²) in [5.41, 5.74) is 3.75. The van der Waals surface area contributed by atoms with Crippen molar-refractivity contribution < 1.29 is 9.32 Å². The molecular weight excluding hydrogens is 372 g/mol. The average Bonchev–Trinajstić information content (AvgIpc) is 3.25. The largest absolute Gasteiger partial charge is 0.361 e. The number of fused-ring (bicyclic) bond motifs is 1. The molecular formula is C21H26N4O2S. The molecule has 2 aliphatic heterocycles. The Bertz CT molecular complexity index is 921. The van der Waals surface area contributed by atoms with Crippen LogP contribution in [0.2, 0.25) is 0 Å². The van der Waals surface area contributed by atoms with Crippen molar-refractivity contribution in [1.82, 2.24) is 15.0 Å². The van der Waals surface area contributed by atoms with Crippen molar-refractivity contribution in [3.63, 3.8) is 0 Å². The van der Waals surface area contributed by atoms with Crippen LogP contribution < -0.4 is 0 Å². The molecule has 7 heteroatoms. The SMILES string of the molecule is Cc1noc(C)c1CN1CCc2c(C(=O)N3CCC[C@](C)(C#N)C3)csc2C1. The summed E-state index contributed by atoms with van der Waals surface area (Å²) in [5.74, 6) is 0.980. The van der Waals surface area contributed by atoms with Gasteiger partial charge >= 0.3 is 0 Å². The van der Waals surface area contributed by atoms with Crippen LogP contribution in [0.3, 0.4) is 0 Å². The summed E-state index contributed by atoms with van der Waals surface area (Å²) < 4.78 is 5.29. The number of rotatable bonds is 3. The first kappa shape index (κ1) is 19.2. The number of aromatic nitrogens is 1. The van der Waals surface area contributed by atoms with Crippen LogP contribution in [0.4, 0.5) is 0 Å². The molecule has 0 radical (unpaired) electrons. The lowest BCUT2D eigenvalue weighted by molar-refractivity contribution is 0.0628. The third-order valence-corrected chi connectivity index (χ3v) is 7.09. The highest BCUT2D eigenvalue weighted by molar-refractivity contribution is 7.10. The van der Waals surface area contributed by atoms with Crippen molar-refractivity contribution in [2.45, 2.75) is 53.1 Å². The van der Waals surface area contributed by atoms with Gasteiger partial charge in [-0.1, -0.05) is 5.16 Å². The van der Waals surface area contributed by atoms with Gasteiger partial charge in [-0.3, -0.25) is 9.69 Å². The third kappa shape index (κ3) is 3.47. The zero-order valence-electron chi connectivity index (χ0n) is 16.7. The Kier molecular flexibility index (Phi) is 5.02. The lowest BCUT2D eigenvalue weighted by atomic mass is 9.83. The topological polar surface area (TPSA) is 73.4 Å². The Morgan fingerprint density at radius 1 is 1.43 bits per heavy atom. The number of hydrogen-bond donors (Lipinski definition) is 0. The van der Waals surface area contributed by atoms with Crippen molar-refractivity contribution in [2.75, 3.05) is 19.6 Å². The number of piperidine rings is 1. The summed E-state index contributed by atoms with van der Waals surface area (Å²) in [5, 5.41) is 15.5. The quantitative estimate of drug-likeness (QED) is 0.789. The van der Waals surface area contributed by atoms with Gasteiger partial charge in [-0.25, -0.2) is 0 Å². The zero-order valence-corrected chi connectivity index (χ0v) is 17.6. The molecule has 1 atom stereocenters. The van der Waals surface area contributed by atoms with Crippen LogP contribution in [-0.2, 0) is 19.5 Å². The van der Waals surface area contributed by atoms with E-state index in [4.69, 9.17) is 4.52 Å². The molecule has 2 aromatic rings. The summed E-state index contributed by atoms with van der Waals surface area (Å²) in [6.45, 7) is 9.79. The van der Waals surface area contributed by atoms with Crippen LogP contribution in [-0.4, -0.2) is 40.5 Å². The van der Waals surface area contributed by atoms with Gasteiger partial charge in [-0.05, 0) is 45.6 Å². The lowest BCUT2D eigenvalue weighted by Crippen LogP contribution is -2.44. The summed E-state index contributed by atoms with van der Waals surface area (Å²) >= 11 is 1.68. The van der Waals surface area contributed by atoms with Crippen molar-refractivity contribution >= 4 is 17.2 Å². The molecule has 1 saturated heterocycles. The van der Waals surface area contributed by atoms with E-state index >= 15 is 0 Å². The molecule has 28 heavy (non-hydrogen) atoms. The number of carbonyl (C=O) groups excluding carboxylic acids is 1. The van der Waals surface area contributed by atoms with Gasteiger partial charge in [0.15, 0.2) is 0 Å². The van der Waals surface area contributed by atoms with E-state index in [2.05, 4.69) is 16.1 Å². The van der Waals surface area contributed by atoms with Gasteiger partial charge in [0, 0.05) is 48.5 Å². The number of nitriles is 1. The lowest BCUT2D eigenvalue weighted by Gasteiger charge is -2.36. The Hall–Kier alpha value is -2.17. The summed E-state index contributed by atoms with van der Waals surface area (Å²) in [6, 6.07) is 2.40. The second-order valence-corrected chi connectivity index (χ2v) is 9.28. The van der Waals surface area contributed by atoms with Crippen molar-refractivity contribution in [2.24, 2.45) is 5.41 Å². The van der Waals surface area contributed by atoms with Gasteiger partial charge in [0.05, 0.1) is 22.7 Å². The van der Waals surface area contributed by atoms with Crippen molar-refractivity contribution in [1.29, 1.82) is 5.26 Å². The fraction of sp³-hybridized carbons (Fsp3) is 0.571. The number of thiophene rings is 1. The van der Waals surface area contributed by atoms with E-state index in [-0.39, 0.29) is 5.91 Å². The molecule has 1 amide bonds. The molecule has 0 aromatic carbocycles. The first-order valence-electron chi connectivity index (χ1n) is 9.84. The van der Waals surface area contributed by atoms with Crippen LogP contribution in [0.15, 0.2) is 9.90 Å². The molecule has 0 unspecified atom stereocenters. The van der Waals surface area contributed by atoms with Gasteiger partial charge in [0.2, 0.25) is 0 Å². The zero-order chi connectivity index (χ0) is 19.9. The minimum atomic E-state index is -0.421. The number of likely N-dealkylation sites (tertiary alicyclic amines) is 1. The van der Waals surface area contributed by atoms with Crippen molar-refractivity contribution in [3.8, 4) is 6.07 Å². The normalized spacial score (nSPS) is 22.7. The fourth-order valence-electron chi connectivity index (χ4n) is 4.32. The molecule has 4 heterocycles. The minimum Gasteiger partial charge on any atom is -0.361 e. The number of aryl methyl sites for hydroxylation is 2. The highest BCUT2D eigenvalue weighted by Crippen LogP contribution is 2.33. The Morgan fingerprint density at radius 3 is 2.96 bits per heavy atom. The molecule has 0 spiro atoms. The van der Waals surface area contributed by atoms with E-state index in [0.717, 1.165) is 62.5 Å². The maximum absolute atomic E-state index is 13.2. The predicted octanol–water partition coefficient (Wildman–Crippen LogP) is 3.68. The summed E-state index contributed by atoms with van der Waals surface area (Å²) in [7, 11) is 0. The fourth-order valence-corrected chi connectivity index (χ4v) is 5.44. The van der Waals surface area contributed by atoms with Crippen LogP contribution in [0.1, 0.15) is 57.6 Å². The maximum Gasteiger partial charge on any atom is 0.255 e. The molecule has 2 aliphatic rings. The monoisotopic (exact) mass is 398 g/mol. The Balaban J connectivity index is 1.48. The first-order chi connectivity index (χ1) is 13.4. The standard InChI is InChI=1S/C21H26N4O2S/c1-14-17(15(2)27-23-14)9-24-8-5-16-18(11-28-19(16)10-24)20(26)25-7-4-6-21(3,12-22)13-25/h11H,4-10,13H2,1-3H3/t21-/m1/s1. The van der Waals surface area contributed by atoms with E-state index in [1.54, 1.807) is 11.3 Å². The van der Waals surface area contributed by atoms with Gasteiger partial charge in [-0.15, -0.1) is 11.3 Å². The summed E-state index contributed by atoms with van der Waals surface area (Å²) in [4.78, 5) is 18.7. The molecule has 0 bridgehead atoms. The Morgan fingerprint density at radius 2 is 2.25 bits per heavy atom. The van der Waals surface area contributed by atoms with E-state index < -0.39 is 5.41 Å². The Labute approximate surface area is 169 Å². The number of carbonyl (C=O) groups is 1. The molecule has 4 rings (SSSR count). The predicted molar refractivity (Wildman–Crippen MR) is 107 cm³/mol. The maximum atomic E-state index is 13.2. The number of amides is 1. The van der Waals surface area contributed by atoms with E-state index in [9.17, 15) is 10.1 Å². The van der Waals surface area contributed by atoms with E-state index in [0.29, 0.717) is 6.54 Å². The van der Waals surface area contributed by atoms with E-state index in [1.807, 2.05) is 31.1 Å². The van der Waals surface area contributed by atoms with Crippen molar-refractivity contribution in [3.05, 3.63) is 38.4 Å². The molecule has 0 aliphatic carbocycles. The molecule has 148 valence electrons. The van der Waals surface area contributed by atoms with Crippen LogP contribution in [0.25, 0.3) is 0 Å². The minimum absolute atomic E-state index is 0.0952. The van der Waals surface area contributed by atoms with Gasteiger partial charge < -0.3 is 9.42 Å². The molecule has 0 N–H and O–H groups in total. The second-order valence-electron chi connectivity index (χ2n) is 8.32. The molecule has 2 aromatic heterocycles. The molecule has 0 saturated carbocycles. The van der Waals surface area contributed by atoms with Gasteiger partial charge in [0.1, 0.15) is 5.76 Å². The average molecular weight is 399 g/mol. The van der Waals surface area contributed by atoms with E-state index in [1.165, 1.54) is 16.0 Å². The molecule has 1 fully saturated rings. The van der Waals surface area contributed by atoms with Gasteiger partial charge in [0.25, 0.3) is 5.91 Å². The molecule has 6 nitrogen and oxygen atoms in total. The highest BCUT2D eigenvalue weighted by atomic mass is 32.1. The smallest absolute Gasteiger partial charge is 0.255 e. The number of hydrogen-bond acceptors (Lipinski definition) is 6. The first-order valence-corrected chi connectivity index (χ1v) is 10.7. The second kappa shape index (κ2) is 7.34. The van der Waals surface area contributed by atoms with Crippen LogP contribution in [0.5, 0.6) is 0 Å². The third-order valence-electron chi connectivity index (χ3n) is 6.07. The van der Waals surface area contributed by atoms with Gasteiger partial charge in [-0.2, -0.15) is 5.26 Å². The number of nitrogens with zero attached hydrogens (tertiary/aromatic N) is 4. The van der Waals surface area contributed by atoms with Crippen LogP contribution in [0, 0.1) is 30.6 Å². The highest BCUT2D eigenvalue weighted by Gasteiger charge is 2.35.